The van der Waals surface area contributed by atoms with Gasteiger partial charge < -0.3 is 34.9 Å². The maximum atomic E-state index is 12.6. The molecule has 2 heterocycles. The van der Waals surface area contributed by atoms with Crippen LogP contribution in [0.2, 0.25) is 0 Å². The van der Waals surface area contributed by atoms with Gasteiger partial charge >= 0.3 is 6.09 Å². The molecule has 2 atom stereocenters. The number of alkyl carbamates (subject to hydrolysis) is 1. The summed E-state index contributed by atoms with van der Waals surface area (Å²) < 4.78 is 15.7. The summed E-state index contributed by atoms with van der Waals surface area (Å²) in [6, 6.07) is 13.9. The Morgan fingerprint density at radius 1 is 1.06 bits per heavy atom. The highest BCUT2D eigenvalue weighted by Gasteiger charge is 2.37. The average molecular weight is 469 g/mol. The van der Waals surface area contributed by atoms with E-state index in [-0.39, 0.29) is 32.4 Å². The van der Waals surface area contributed by atoms with Crippen molar-refractivity contribution in [1.82, 2.24) is 15.5 Å². The Hall–Kier alpha value is -3.79. The summed E-state index contributed by atoms with van der Waals surface area (Å²) in [5.41, 5.74) is 1.63. The van der Waals surface area contributed by atoms with E-state index >= 15 is 0 Å². The molecular weight excluding hydrogens is 442 g/mol. The fraction of sp³-hybridized carbons (Fsp3) is 0.375. The fourth-order valence-corrected chi connectivity index (χ4v) is 3.97. The SMILES string of the molecule is O=C(NCC(=O)N1CCC[C@H]1C(O)C(=O)NCc1ccc2c(c1)OCO2)OCc1ccccc1. The molecule has 3 amide bonds. The topological polar surface area (TPSA) is 126 Å². The van der Waals surface area contributed by atoms with Crippen LogP contribution in [0.25, 0.3) is 0 Å². The van der Waals surface area contributed by atoms with Gasteiger partial charge in [0, 0.05) is 13.1 Å². The number of nitrogens with one attached hydrogen (secondary N) is 2. The van der Waals surface area contributed by atoms with Crippen LogP contribution < -0.4 is 20.1 Å². The Labute approximate surface area is 196 Å². The molecule has 1 saturated heterocycles. The first-order valence-corrected chi connectivity index (χ1v) is 11.1. The van der Waals surface area contributed by atoms with Gasteiger partial charge in [0.15, 0.2) is 17.6 Å². The van der Waals surface area contributed by atoms with E-state index < -0.39 is 24.1 Å². The van der Waals surface area contributed by atoms with Crippen LogP contribution in [0.4, 0.5) is 4.79 Å². The Balaban J connectivity index is 1.23. The van der Waals surface area contributed by atoms with Crippen molar-refractivity contribution in [2.75, 3.05) is 19.9 Å². The zero-order chi connectivity index (χ0) is 23.9. The molecule has 2 aliphatic rings. The van der Waals surface area contributed by atoms with Gasteiger partial charge in [-0.2, -0.15) is 0 Å². The van der Waals surface area contributed by atoms with Gasteiger partial charge in [-0.05, 0) is 36.1 Å². The molecule has 0 bridgehead atoms. The van der Waals surface area contributed by atoms with E-state index in [0.29, 0.717) is 30.9 Å². The highest BCUT2D eigenvalue weighted by Crippen LogP contribution is 2.32. The largest absolute Gasteiger partial charge is 0.454 e. The lowest BCUT2D eigenvalue weighted by molar-refractivity contribution is -0.138. The van der Waals surface area contributed by atoms with E-state index in [1.54, 1.807) is 18.2 Å². The summed E-state index contributed by atoms with van der Waals surface area (Å²) in [7, 11) is 0. The summed E-state index contributed by atoms with van der Waals surface area (Å²) in [6.07, 6.45) is -0.954. The van der Waals surface area contributed by atoms with E-state index in [1.165, 1.54) is 4.90 Å². The lowest BCUT2D eigenvalue weighted by Gasteiger charge is -2.28. The number of aliphatic hydroxyl groups is 1. The Morgan fingerprint density at radius 2 is 1.85 bits per heavy atom. The van der Waals surface area contributed by atoms with Gasteiger partial charge in [-0.15, -0.1) is 0 Å². The van der Waals surface area contributed by atoms with Gasteiger partial charge in [-0.1, -0.05) is 36.4 Å². The van der Waals surface area contributed by atoms with Gasteiger partial charge in [0.05, 0.1) is 6.04 Å². The highest BCUT2D eigenvalue weighted by molar-refractivity contribution is 5.85. The van der Waals surface area contributed by atoms with Crippen molar-refractivity contribution in [3.63, 3.8) is 0 Å². The van der Waals surface area contributed by atoms with Crippen LogP contribution in [-0.2, 0) is 27.5 Å². The molecule has 3 N–H and O–H groups in total. The number of amides is 3. The van der Waals surface area contributed by atoms with E-state index in [0.717, 1.165) is 11.1 Å². The van der Waals surface area contributed by atoms with Gasteiger partial charge in [0.1, 0.15) is 13.2 Å². The number of hydrogen-bond donors (Lipinski definition) is 3. The van der Waals surface area contributed by atoms with Gasteiger partial charge in [0.25, 0.3) is 5.91 Å². The van der Waals surface area contributed by atoms with Crippen LogP contribution in [0.1, 0.15) is 24.0 Å². The molecule has 0 radical (unpaired) electrons. The van der Waals surface area contributed by atoms with Crippen molar-refractivity contribution in [2.24, 2.45) is 0 Å². The lowest BCUT2D eigenvalue weighted by atomic mass is 10.1. The third-order valence-electron chi connectivity index (χ3n) is 5.75. The molecule has 0 saturated carbocycles. The van der Waals surface area contributed by atoms with Crippen LogP contribution in [0.5, 0.6) is 11.5 Å². The van der Waals surface area contributed by atoms with Crippen LogP contribution in [0.15, 0.2) is 48.5 Å². The number of aliphatic hydroxyl groups excluding tert-OH is 1. The van der Waals surface area contributed by atoms with Crippen molar-refractivity contribution in [3.05, 3.63) is 59.7 Å². The molecule has 10 nitrogen and oxygen atoms in total. The second-order valence-electron chi connectivity index (χ2n) is 8.06. The molecule has 10 heteroatoms. The third kappa shape index (κ3) is 5.76. The Bertz CT molecular complexity index is 1030. The predicted octanol–water partition coefficient (Wildman–Crippen LogP) is 1.31. The standard InChI is InChI=1S/C24H27N3O7/c28-21(13-26-24(31)32-14-16-5-2-1-3-6-16)27-10-4-7-18(27)22(29)23(30)25-12-17-8-9-19-20(11-17)34-15-33-19/h1-3,5-6,8-9,11,18,22,29H,4,7,10,12-15H2,(H,25,30)(H,26,31)/t18-,22?/m0/s1. The molecule has 0 aliphatic carbocycles. The van der Waals surface area contributed by atoms with Crippen molar-refractivity contribution >= 4 is 17.9 Å². The van der Waals surface area contributed by atoms with Crippen LogP contribution >= 0.6 is 0 Å². The molecule has 1 fully saturated rings. The first kappa shape index (κ1) is 23.4. The average Bonchev–Trinajstić information content (AvgIpc) is 3.54. The quantitative estimate of drug-likeness (QED) is 0.532. The van der Waals surface area contributed by atoms with E-state index in [1.807, 2.05) is 30.3 Å². The normalized spacial score (nSPS) is 17.2. The number of likely N-dealkylation sites (tertiary alicyclic amines) is 1. The van der Waals surface area contributed by atoms with Crippen LogP contribution in [-0.4, -0.2) is 59.9 Å². The summed E-state index contributed by atoms with van der Waals surface area (Å²) in [4.78, 5) is 38.5. The molecule has 180 valence electrons. The predicted molar refractivity (Wildman–Crippen MR) is 120 cm³/mol. The second kappa shape index (κ2) is 10.9. The molecule has 2 aliphatic heterocycles. The molecule has 34 heavy (non-hydrogen) atoms. The van der Waals surface area contributed by atoms with Crippen molar-refractivity contribution in [1.29, 1.82) is 0 Å². The summed E-state index contributed by atoms with van der Waals surface area (Å²) in [5.74, 6) is 0.293. The smallest absolute Gasteiger partial charge is 0.407 e. The minimum absolute atomic E-state index is 0.0927. The number of carbonyl (C=O) groups is 3. The number of ether oxygens (including phenoxy) is 3. The molecule has 1 unspecified atom stereocenters. The van der Waals surface area contributed by atoms with Crippen LogP contribution in [0, 0.1) is 0 Å². The Kier molecular flexibility index (Phi) is 7.48. The summed E-state index contributed by atoms with van der Waals surface area (Å²) in [6.45, 7) is 0.568. The van der Waals surface area contributed by atoms with E-state index in [4.69, 9.17) is 14.2 Å². The molecule has 2 aromatic rings. The minimum Gasteiger partial charge on any atom is -0.454 e. The van der Waals surface area contributed by atoms with Crippen molar-refractivity contribution in [2.45, 2.75) is 38.1 Å². The first-order valence-electron chi connectivity index (χ1n) is 11.1. The molecule has 0 aromatic heterocycles. The number of hydrogen-bond acceptors (Lipinski definition) is 7. The lowest BCUT2D eigenvalue weighted by Crippen LogP contribution is -2.51. The first-order chi connectivity index (χ1) is 16.5. The molecule has 4 rings (SSSR count). The Morgan fingerprint density at radius 3 is 2.68 bits per heavy atom. The zero-order valence-corrected chi connectivity index (χ0v) is 18.6. The number of rotatable bonds is 8. The molecular formula is C24H27N3O7. The van der Waals surface area contributed by atoms with Gasteiger partial charge in [-0.3, -0.25) is 9.59 Å². The number of fused-ring (bicyclic) bond motifs is 1. The van der Waals surface area contributed by atoms with Crippen molar-refractivity contribution < 1.29 is 33.7 Å². The summed E-state index contributed by atoms with van der Waals surface area (Å²) >= 11 is 0. The minimum atomic E-state index is -1.38. The van der Waals surface area contributed by atoms with Gasteiger partial charge in [-0.25, -0.2) is 4.79 Å². The monoisotopic (exact) mass is 469 g/mol. The summed E-state index contributed by atoms with van der Waals surface area (Å²) in [5, 5.41) is 15.7. The number of benzene rings is 2. The number of carbonyl (C=O) groups excluding carboxylic acids is 3. The van der Waals surface area contributed by atoms with Crippen LogP contribution in [0.3, 0.4) is 0 Å². The van der Waals surface area contributed by atoms with E-state index in [9.17, 15) is 19.5 Å². The second-order valence-corrected chi connectivity index (χ2v) is 8.06. The highest BCUT2D eigenvalue weighted by atomic mass is 16.7. The maximum Gasteiger partial charge on any atom is 0.407 e. The fourth-order valence-electron chi connectivity index (χ4n) is 3.97. The third-order valence-corrected chi connectivity index (χ3v) is 5.75. The van der Waals surface area contributed by atoms with Gasteiger partial charge in [0.2, 0.25) is 12.7 Å². The maximum absolute atomic E-state index is 12.6. The molecule has 2 aromatic carbocycles. The molecule has 0 spiro atoms. The van der Waals surface area contributed by atoms with E-state index in [2.05, 4.69) is 10.6 Å². The zero-order valence-electron chi connectivity index (χ0n) is 18.6. The van der Waals surface area contributed by atoms with Crippen molar-refractivity contribution in [3.8, 4) is 11.5 Å². The number of nitrogens with zero attached hydrogens (tertiary/aromatic N) is 1.